The molecule has 0 fully saturated rings. The van der Waals surface area contributed by atoms with Gasteiger partial charge in [0.25, 0.3) is 10.0 Å². The number of aromatic nitrogens is 1. The van der Waals surface area contributed by atoms with Gasteiger partial charge in [-0.2, -0.15) is 0 Å². The summed E-state index contributed by atoms with van der Waals surface area (Å²) in [5.41, 5.74) is -0.119. The van der Waals surface area contributed by atoms with Crippen molar-refractivity contribution in [3.8, 4) is 0 Å². The Hall–Kier alpha value is -2.15. The number of carbonyl (C=O) groups is 1. The smallest absolute Gasteiger partial charge is 0.355 e. The first-order valence-electron chi connectivity index (χ1n) is 5.23. The summed E-state index contributed by atoms with van der Waals surface area (Å²) < 4.78 is 42.7. The fraction of sp³-hybridized carbons (Fsp3) is 0.0833. The minimum atomic E-state index is -3.95. The van der Waals surface area contributed by atoms with Crippen molar-refractivity contribution in [2.75, 3.05) is 7.11 Å². The lowest BCUT2D eigenvalue weighted by Crippen LogP contribution is -2.18. The van der Waals surface area contributed by atoms with E-state index in [1.54, 1.807) is 0 Å². The van der Waals surface area contributed by atoms with Crippen LogP contribution in [0.15, 0.2) is 47.5 Å². The molecule has 2 rings (SSSR count). The molecule has 0 radical (unpaired) electrons. The highest BCUT2D eigenvalue weighted by Gasteiger charge is 2.22. The van der Waals surface area contributed by atoms with Gasteiger partial charge in [-0.05, 0) is 36.4 Å². The number of ether oxygens (including phenoxy) is 1. The molecule has 1 heterocycles. The average Bonchev–Trinajstić information content (AvgIpc) is 2.88. The molecule has 0 unspecified atom stereocenters. The van der Waals surface area contributed by atoms with E-state index in [1.807, 2.05) is 0 Å². The summed E-state index contributed by atoms with van der Waals surface area (Å²) in [5, 5.41) is 0. The van der Waals surface area contributed by atoms with Gasteiger partial charge in [0.1, 0.15) is 11.5 Å². The van der Waals surface area contributed by atoms with Crippen LogP contribution in [0.3, 0.4) is 0 Å². The maximum absolute atomic E-state index is 12.8. The number of esters is 1. The molecule has 19 heavy (non-hydrogen) atoms. The highest BCUT2D eigenvalue weighted by atomic mass is 32.2. The summed E-state index contributed by atoms with van der Waals surface area (Å²) in [6.45, 7) is 0. The molecular weight excluding hydrogens is 273 g/mol. The van der Waals surface area contributed by atoms with Crippen molar-refractivity contribution in [2.24, 2.45) is 0 Å². The van der Waals surface area contributed by atoms with E-state index in [-0.39, 0.29) is 10.6 Å². The largest absolute Gasteiger partial charge is 0.464 e. The van der Waals surface area contributed by atoms with Gasteiger partial charge >= 0.3 is 5.97 Å². The Balaban J connectivity index is 2.54. The topological polar surface area (TPSA) is 65.4 Å². The lowest BCUT2D eigenvalue weighted by atomic mass is 10.4. The number of carbonyl (C=O) groups excluding carboxylic acids is 1. The number of rotatable bonds is 3. The normalized spacial score (nSPS) is 11.3. The molecule has 0 bridgehead atoms. The van der Waals surface area contributed by atoms with Gasteiger partial charge in [-0.25, -0.2) is 21.6 Å². The Morgan fingerprint density at radius 1 is 1.21 bits per heavy atom. The van der Waals surface area contributed by atoms with Crippen molar-refractivity contribution in [3.05, 3.63) is 54.1 Å². The van der Waals surface area contributed by atoms with Gasteiger partial charge in [0.15, 0.2) is 0 Å². The van der Waals surface area contributed by atoms with Gasteiger partial charge in [-0.15, -0.1) is 0 Å². The predicted octanol–water partition coefficient (Wildman–Crippen LogP) is 1.65. The van der Waals surface area contributed by atoms with Crippen LogP contribution in [0, 0.1) is 5.82 Å². The summed E-state index contributed by atoms with van der Waals surface area (Å²) >= 11 is 0. The van der Waals surface area contributed by atoms with Crippen molar-refractivity contribution < 1.29 is 22.3 Å². The van der Waals surface area contributed by atoms with Gasteiger partial charge < -0.3 is 4.74 Å². The quantitative estimate of drug-likeness (QED) is 0.803. The second-order valence-corrected chi connectivity index (χ2v) is 5.45. The van der Waals surface area contributed by atoms with Crippen LogP contribution in [0.2, 0.25) is 0 Å². The standard InChI is InChI=1S/C12H10FNO4S/c1-18-12(15)11-3-2-8-14(11)19(16,17)10-6-4-9(13)5-7-10/h2-8H,1H3. The molecule has 5 nitrogen and oxygen atoms in total. The van der Waals surface area contributed by atoms with E-state index in [9.17, 15) is 17.6 Å². The van der Waals surface area contributed by atoms with Crippen LogP contribution >= 0.6 is 0 Å². The molecule has 0 N–H and O–H groups in total. The zero-order valence-corrected chi connectivity index (χ0v) is 10.7. The Morgan fingerprint density at radius 2 is 1.84 bits per heavy atom. The van der Waals surface area contributed by atoms with Crippen LogP contribution < -0.4 is 0 Å². The number of hydrogen-bond donors (Lipinski definition) is 0. The lowest BCUT2D eigenvalue weighted by Gasteiger charge is -2.09. The van der Waals surface area contributed by atoms with E-state index in [4.69, 9.17) is 0 Å². The molecule has 0 amide bonds. The zero-order chi connectivity index (χ0) is 14.0. The SMILES string of the molecule is COC(=O)c1cccn1S(=O)(=O)c1ccc(F)cc1. The third-order valence-electron chi connectivity index (χ3n) is 2.48. The van der Waals surface area contributed by atoms with Crippen LogP contribution in [-0.2, 0) is 14.8 Å². The number of methoxy groups -OCH3 is 1. The highest BCUT2D eigenvalue weighted by Crippen LogP contribution is 2.17. The summed E-state index contributed by atoms with van der Waals surface area (Å²) in [6, 6.07) is 7.07. The molecule has 0 aliphatic carbocycles. The number of hydrogen-bond acceptors (Lipinski definition) is 4. The molecule has 0 saturated heterocycles. The predicted molar refractivity (Wildman–Crippen MR) is 64.8 cm³/mol. The van der Waals surface area contributed by atoms with Gasteiger partial charge in [0, 0.05) is 6.20 Å². The molecule has 1 aromatic carbocycles. The monoisotopic (exact) mass is 283 g/mol. The minimum absolute atomic E-state index is 0.116. The Labute approximate surface area is 109 Å². The molecule has 1 aromatic heterocycles. The highest BCUT2D eigenvalue weighted by molar-refractivity contribution is 7.90. The third-order valence-corrected chi connectivity index (χ3v) is 4.18. The van der Waals surface area contributed by atoms with Crippen LogP contribution in [0.4, 0.5) is 4.39 Å². The van der Waals surface area contributed by atoms with Crippen LogP contribution in [-0.4, -0.2) is 25.5 Å². The zero-order valence-electron chi connectivity index (χ0n) is 9.91. The van der Waals surface area contributed by atoms with Gasteiger partial charge in [-0.1, -0.05) is 0 Å². The second-order valence-electron chi connectivity index (χ2n) is 3.64. The van der Waals surface area contributed by atoms with E-state index in [2.05, 4.69) is 4.74 Å². The Bertz CT molecular complexity index is 704. The molecule has 2 aromatic rings. The Kier molecular flexibility index (Phi) is 3.39. The lowest BCUT2D eigenvalue weighted by molar-refractivity contribution is 0.0593. The van der Waals surface area contributed by atoms with E-state index in [0.29, 0.717) is 0 Å². The fourth-order valence-corrected chi connectivity index (χ4v) is 2.89. The molecule has 0 aliphatic heterocycles. The molecule has 0 atom stereocenters. The first kappa shape index (κ1) is 13.3. The van der Waals surface area contributed by atoms with Gasteiger partial charge in [0.2, 0.25) is 0 Å². The minimum Gasteiger partial charge on any atom is -0.464 e. The maximum atomic E-state index is 12.8. The first-order chi connectivity index (χ1) is 8.96. The maximum Gasteiger partial charge on any atom is 0.355 e. The van der Waals surface area contributed by atoms with Gasteiger partial charge in [0.05, 0.1) is 12.0 Å². The van der Waals surface area contributed by atoms with Crippen molar-refractivity contribution >= 4 is 16.0 Å². The van der Waals surface area contributed by atoms with Crippen molar-refractivity contribution in [2.45, 2.75) is 4.90 Å². The molecule has 100 valence electrons. The summed E-state index contributed by atoms with van der Waals surface area (Å²) in [6.07, 6.45) is 1.23. The third kappa shape index (κ3) is 2.37. The van der Waals surface area contributed by atoms with E-state index < -0.39 is 21.8 Å². The van der Waals surface area contributed by atoms with Crippen molar-refractivity contribution in [1.82, 2.24) is 3.97 Å². The summed E-state index contributed by atoms with van der Waals surface area (Å²) in [7, 11) is -2.79. The molecule has 0 saturated carbocycles. The second kappa shape index (κ2) is 4.85. The average molecular weight is 283 g/mol. The van der Waals surface area contributed by atoms with Crippen molar-refractivity contribution in [3.63, 3.8) is 0 Å². The van der Waals surface area contributed by atoms with Crippen LogP contribution in [0.5, 0.6) is 0 Å². The number of benzene rings is 1. The van der Waals surface area contributed by atoms with Crippen LogP contribution in [0.25, 0.3) is 0 Å². The van der Waals surface area contributed by atoms with E-state index in [1.165, 1.54) is 18.3 Å². The van der Waals surface area contributed by atoms with E-state index in [0.717, 1.165) is 35.3 Å². The Morgan fingerprint density at radius 3 is 2.42 bits per heavy atom. The summed E-state index contributed by atoms with van der Waals surface area (Å²) in [5.74, 6) is -1.31. The number of nitrogens with zero attached hydrogens (tertiary/aromatic N) is 1. The summed E-state index contributed by atoms with van der Waals surface area (Å²) in [4.78, 5) is 11.3. The molecule has 0 aliphatic rings. The fourth-order valence-electron chi connectivity index (χ4n) is 1.56. The first-order valence-corrected chi connectivity index (χ1v) is 6.67. The van der Waals surface area contributed by atoms with E-state index >= 15 is 0 Å². The van der Waals surface area contributed by atoms with Crippen molar-refractivity contribution in [1.29, 1.82) is 0 Å². The molecular formula is C12H10FNO4S. The molecule has 0 spiro atoms. The van der Waals surface area contributed by atoms with Crippen LogP contribution in [0.1, 0.15) is 10.5 Å². The number of halogens is 1. The van der Waals surface area contributed by atoms with Gasteiger partial charge in [-0.3, -0.25) is 0 Å². The molecule has 7 heteroatoms.